The van der Waals surface area contributed by atoms with Gasteiger partial charge in [0.1, 0.15) is 11.6 Å². The lowest BCUT2D eigenvalue weighted by atomic mass is 9.80. The van der Waals surface area contributed by atoms with Gasteiger partial charge in [-0.25, -0.2) is 0 Å². The van der Waals surface area contributed by atoms with E-state index in [2.05, 4.69) is 13.8 Å². The Kier molecular flexibility index (Phi) is 3.96. The lowest BCUT2D eigenvalue weighted by Crippen LogP contribution is -2.34. The standard InChI is InChI=1S/C15H21N4O4/c1-10(2)15(5)9-14(3,4)17(16-15)12-7-6-11(18(20)21)8-13(12)19(22)23/h6-8,10H,9H2,1-5H3/q+1. The van der Waals surface area contributed by atoms with Gasteiger partial charge in [0.25, 0.3) is 5.69 Å². The normalized spacial score (nSPS) is 23.0. The predicted molar refractivity (Wildman–Crippen MR) is 84.0 cm³/mol. The number of nitrogens with zero attached hydrogens (tertiary/aromatic N) is 4. The number of azo groups is 2. The summed E-state index contributed by atoms with van der Waals surface area (Å²) in [7, 11) is 0. The van der Waals surface area contributed by atoms with Crippen molar-refractivity contribution in [3.05, 3.63) is 38.4 Å². The first-order valence-corrected chi connectivity index (χ1v) is 7.44. The minimum Gasteiger partial charge on any atom is -0.258 e. The molecule has 1 aromatic carbocycles. The second kappa shape index (κ2) is 5.36. The van der Waals surface area contributed by atoms with Crippen molar-refractivity contribution in [2.75, 3.05) is 0 Å². The van der Waals surface area contributed by atoms with Crippen LogP contribution in [0.15, 0.2) is 23.3 Å². The summed E-state index contributed by atoms with van der Waals surface area (Å²) in [5.74, 6) is 0.267. The van der Waals surface area contributed by atoms with Crippen LogP contribution < -0.4 is 0 Å². The van der Waals surface area contributed by atoms with E-state index in [9.17, 15) is 20.2 Å². The highest BCUT2D eigenvalue weighted by Crippen LogP contribution is 2.45. The molecule has 0 N–H and O–H groups in total. The number of benzene rings is 1. The summed E-state index contributed by atoms with van der Waals surface area (Å²) < 4.78 is 1.65. The Morgan fingerprint density at radius 3 is 2.22 bits per heavy atom. The van der Waals surface area contributed by atoms with Gasteiger partial charge in [-0.1, -0.05) is 18.5 Å². The third kappa shape index (κ3) is 2.93. The zero-order valence-electron chi connectivity index (χ0n) is 13.9. The van der Waals surface area contributed by atoms with Crippen LogP contribution in [-0.4, -0.2) is 25.6 Å². The number of nitro groups is 2. The third-order valence-electron chi connectivity index (χ3n) is 4.53. The minimum atomic E-state index is -0.638. The molecule has 0 aromatic heterocycles. The van der Waals surface area contributed by atoms with E-state index in [1.807, 2.05) is 20.8 Å². The van der Waals surface area contributed by atoms with Gasteiger partial charge in [0.05, 0.1) is 9.85 Å². The topological polar surface area (TPSA) is 102 Å². The van der Waals surface area contributed by atoms with Crippen molar-refractivity contribution in [2.24, 2.45) is 11.0 Å². The summed E-state index contributed by atoms with van der Waals surface area (Å²) in [6.45, 7) is 10.1. The molecule has 1 atom stereocenters. The van der Waals surface area contributed by atoms with Crippen molar-refractivity contribution in [2.45, 2.75) is 52.1 Å². The van der Waals surface area contributed by atoms with Gasteiger partial charge < -0.3 is 0 Å². The van der Waals surface area contributed by atoms with Crippen molar-refractivity contribution < 1.29 is 14.5 Å². The average Bonchev–Trinajstić information content (AvgIpc) is 2.68. The first-order chi connectivity index (χ1) is 10.5. The van der Waals surface area contributed by atoms with E-state index in [0.717, 1.165) is 12.5 Å². The Balaban J connectivity index is 2.65. The molecule has 8 heteroatoms. The van der Waals surface area contributed by atoms with Crippen molar-refractivity contribution in [3.63, 3.8) is 0 Å². The number of hydrogen-bond donors (Lipinski definition) is 0. The molecule has 1 unspecified atom stereocenters. The van der Waals surface area contributed by atoms with Crippen molar-refractivity contribution in [1.29, 1.82) is 0 Å². The molecule has 0 aliphatic carbocycles. The Labute approximate surface area is 134 Å². The minimum absolute atomic E-state index is 0.267. The monoisotopic (exact) mass is 321 g/mol. The lowest BCUT2D eigenvalue weighted by Gasteiger charge is -2.22. The third-order valence-corrected chi connectivity index (χ3v) is 4.53. The highest BCUT2D eigenvalue weighted by atomic mass is 16.6. The van der Waals surface area contributed by atoms with Gasteiger partial charge in [0, 0.05) is 32.4 Å². The second-order valence-corrected chi connectivity index (χ2v) is 7.10. The molecule has 1 heterocycles. The summed E-state index contributed by atoms with van der Waals surface area (Å²) in [4.78, 5) is 21.0. The van der Waals surface area contributed by atoms with Crippen LogP contribution in [0.4, 0.5) is 17.1 Å². The smallest absolute Gasteiger partial charge is 0.258 e. The summed E-state index contributed by atoms with van der Waals surface area (Å²) in [5.41, 5.74) is -1.07. The van der Waals surface area contributed by atoms with Gasteiger partial charge in [-0.05, 0) is 18.0 Å². The molecule has 2 rings (SSSR count). The highest BCUT2D eigenvalue weighted by molar-refractivity contribution is 5.58. The number of rotatable bonds is 4. The molecule has 0 fully saturated rings. The summed E-state index contributed by atoms with van der Waals surface area (Å²) >= 11 is 0. The van der Waals surface area contributed by atoms with Gasteiger partial charge in [0.15, 0.2) is 5.54 Å². The first kappa shape index (κ1) is 17.0. The maximum Gasteiger partial charge on any atom is 0.349 e. The van der Waals surface area contributed by atoms with Gasteiger partial charge in [-0.15, -0.1) is 0 Å². The van der Waals surface area contributed by atoms with Crippen LogP contribution in [0.25, 0.3) is 0 Å². The number of hydrogen-bond acceptors (Lipinski definition) is 5. The summed E-state index contributed by atoms with van der Waals surface area (Å²) in [6.07, 6.45) is 0.742. The number of non-ortho nitro benzene ring substituents is 1. The predicted octanol–water partition coefficient (Wildman–Crippen LogP) is 4.20. The fourth-order valence-corrected chi connectivity index (χ4v) is 3.00. The summed E-state index contributed by atoms with van der Waals surface area (Å²) in [6, 6.07) is 3.68. The molecule has 1 aliphatic heterocycles. The van der Waals surface area contributed by atoms with Crippen molar-refractivity contribution in [3.8, 4) is 0 Å². The molecule has 0 radical (unpaired) electrons. The van der Waals surface area contributed by atoms with E-state index < -0.39 is 15.4 Å². The molecule has 0 amide bonds. The molecule has 8 nitrogen and oxygen atoms in total. The van der Waals surface area contributed by atoms with E-state index in [4.69, 9.17) is 5.11 Å². The van der Waals surface area contributed by atoms with E-state index in [1.54, 1.807) is 4.70 Å². The Morgan fingerprint density at radius 2 is 1.78 bits per heavy atom. The number of nitro benzene ring substituents is 2. The van der Waals surface area contributed by atoms with Gasteiger partial charge in [-0.2, -0.15) is 0 Å². The average molecular weight is 321 g/mol. The highest BCUT2D eigenvalue weighted by Gasteiger charge is 2.53. The maximum absolute atomic E-state index is 11.4. The lowest BCUT2D eigenvalue weighted by molar-refractivity contribution is -0.578. The van der Waals surface area contributed by atoms with Crippen LogP contribution in [0.5, 0.6) is 0 Å². The maximum atomic E-state index is 11.4. The Bertz CT molecular complexity index is 711. The Morgan fingerprint density at radius 1 is 1.17 bits per heavy atom. The Hall–Kier alpha value is -2.38. The second-order valence-electron chi connectivity index (χ2n) is 7.10. The zero-order chi connectivity index (χ0) is 17.6. The van der Waals surface area contributed by atoms with Crippen LogP contribution in [-0.2, 0) is 0 Å². The van der Waals surface area contributed by atoms with Crippen LogP contribution in [0.2, 0.25) is 0 Å². The zero-order valence-corrected chi connectivity index (χ0v) is 13.9. The SMILES string of the molecule is CC(C)C1(C)CC(C)(C)[N+](c2ccc([N+](=O)[O-])cc2[N+](=O)[O-])=N1. The molecule has 0 bridgehead atoms. The van der Waals surface area contributed by atoms with Gasteiger partial charge in [0.2, 0.25) is 0 Å². The molecular weight excluding hydrogens is 300 g/mol. The molecule has 23 heavy (non-hydrogen) atoms. The molecule has 0 spiro atoms. The molecule has 124 valence electrons. The van der Waals surface area contributed by atoms with Gasteiger partial charge in [-0.3, -0.25) is 20.2 Å². The van der Waals surface area contributed by atoms with Crippen LogP contribution in [0, 0.1) is 26.1 Å². The quantitative estimate of drug-likeness (QED) is 0.471. The van der Waals surface area contributed by atoms with E-state index in [-0.39, 0.29) is 28.5 Å². The molecule has 1 aliphatic rings. The van der Waals surface area contributed by atoms with E-state index in [1.165, 1.54) is 12.1 Å². The molecular formula is C15H21N4O4+. The van der Waals surface area contributed by atoms with Crippen molar-refractivity contribution in [1.82, 2.24) is 0 Å². The first-order valence-electron chi connectivity index (χ1n) is 7.44. The van der Waals surface area contributed by atoms with Gasteiger partial charge >= 0.3 is 11.4 Å². The van der Waals surface area contributed by atoms with Crippen LogP contribution in [0.1, 0.15) is 41.0 Å². The van der Waals surface area contributed by atoms with Crippen LogP contribution in [0.3, 0.4) is 0 Å². The molecule has 0 saturated carbocycles. The molecule has 0 saturated heterocycles. The largest absolute Gasteiger partial charge is 0.349 e. The van der Waals surface area contributed by atoms with E-state index >= 15 is 0 Å². The fraction of sp³-hybridized carbons (Fsp3) is 0.600. The summed E-state index contributed by atoms with van der Waals surface area (Å²) in [5, 5.41) is 27.0. The van der Waals surface area contributed by atoms with E-state index in [0.29, 0.717) is 0 Å². The molecule has 1 aromatic rings. The van der Waals surface area contributed by atoms with Crippen molar-refractivity contribution >= 4 is 17.1 Å². The van der Waals surface area contributed by atoms with Crippen LogP contribution >= 0.6 is 0 Å². The fourth-order valence-electron chi connectivity index (χ4n) is 3.00.